The van der Waals surface area contributed by atoms with Crippen LogP contribution in [-0.2, 0) is 4.79 Å². The van der Waals surface area contributed by atoms with Crippen molar-refractivity contribution in [1.82, 2.24) is 10.2 Å². The quantitative estimate of drug-likeness (QED) is 0.689. The van der Waals surface area contributed by atoms with Crippen LogP contribution in [0.1, 0.15) is 40.4 Å². The summed E-state index contributed by atoms with van der Waals surface area (Å²) in [6, 6.07) is 13.7. The highest BCUT2D eigenvalue weighted by Crippen LogP contribution is 2.15. The van der Waals surface area contributed by atoms with E-state index >= 15 is 0 Å². The highest BCUT2D eigenvalue weighted by atomic mass is 16.2. The zero-order chi connectivity index (χ0) is 19.9. The predicted octanol–water partition coefficient (Wildman–Crippen LogP) is 2.46. The Morgan fingerprint density at radius 2 is 1.68 bits per heavy atom. The molecular weight excluding hydrogens is 352 g/mol. The lowest BCUT2D eigenvalue weighted by atomic mass is 10.1. The molecule has 2 aromatic carbocycles. The molecule has 1 aliphatic heterocycles. The van der Waals surface area contributed by atoms with Crippen molar-refractivity contribution >= 4 is 17.5 Å². The van der Waals surface area contributed by atoms with E-state index in [-0.39, 0.29) is 11.8 Å². The van der Waals surface area contributed by atoms with Crippen LogP contribution in [0.2, 0.25) is 0 Å². The second kappa shape index (κ2) is 9.48. The van der Waals surface area contributed by atoms with E-state index in [9.17, 15) is 9.59 Å². The summed E-state index contributed by atoms with van der Waals surface area (Å²) in [5, 5.41) is 5.74. The van der Waals surface area contributed by atoms with Crippen molar-refractivity contribution in [2.75, 3.05) is 31.5 Å². The Morgan fingerprint density at radius 3 is 2.32 bits per heavy atom. The molecule has 1 atom stereocenters. The largest absolute Gasteiger partial charge is 0.351 e. The summed E-state index contributed by atoms with van der Waals surface area (Å²) in [5.74, 6) is -0.389. The van der Waals surface area contributed by atoms with Crippen LogP contribution in [0.3, 0.4) is 0 Å². The van der Waals surface area contributed by atoms with Crippen molar-refractivity contribution in [2.24, 2.45) is 5.73 Å². The van der Waals surface area contributed by atoms with Gasteiger partial charge in [0.1, 0.15) is 6.04 Å². The van der Waals surface area contributed by atoms with E-state index in [1.54, 1.807) is 24.3 Å². The third-order valence-electron chi connectivity index (χ3n) is 5.05. The van der Waals surface area contributed by atoms with E-state index in [2.05, 4.69) is 15.5 Å². The summed E-state index contributed by atoms with van der Waals surface area (Å²) >= 11 is 0. The maximum atomic E-state index is 12.4. The smallest absolute Gasteiger partial charge is 0.251 e. The minimum Gasteiger partial charge on any atom is -0.351 e. The van der Waals surface area contributed by atoms with E-state index in [1.807, 2.05) is 31.2 Å². The van der Waals surface area contributed by atoms with Crippen LogP contribution in [0.5, 0.6) is 0 Å². The summed E-state index contributed by atoms with van der Waals surface area (Å²) in [4.78, 5) is 27.0. The van der Waals surface area contributed by atoms with E-state index < -0.39 is 6.04 Å². The highest BCUT2D eigenvalue weighted by molar-refractivity contribution is 5.97. The number of hydrogen-bond acceptors (Lipinski definition) is 4. The third-order valence-corrected chi connectivity index (χ3v) is 5.05. The molecule has 0 spiro atoms. The normalized spacial score (nSPS) is 15.2. The molecule has 1 fully saturated rings. The Bertz CT molecular complexity index is 796. The summed E-state index contributed by atoms with van der Waals surface area (Å²) in [7, 11) is 0. The van der Waals surface area contributed by atoms with Gasteiger partial charge in [0.05, 0.1) is 0 Å². The van der Waals surface area contributed by atoms with Gasteiger partial charge in [-0.3, -0.25) is 9.59 Å². The molecule has 6 heteroatoms. The molecule has 2 aromatic rings. The van der Waals surface area contributed by atoms with Gasteiger partial charge in [0, 0.05) is 24.3 Å². The fourth-order valence-corrected chi connectivity index (χ4v) is 3.29. The topological polar surface area (TPSA) is 87.5 Å². The first kappa shape index (κ1) is 20.0. The van der Waals surface area contributed by atoms with Crippen molar-refractivity contribution in [3.63, 3.8) is 0 Å². The van der Waals surface area contributed by atoms with Gasteiger partial charge >= 0.3 is 0 Å². The van der Waals surface area contributed by atoms with Crippen LogP contribution in [-0.4, -0.2) is 42.9 Å². The number of benzene rings is 2. The number of nitrogens with two attached hydrogens (primary N) is 1. The molecule has 1 heterocycles. The van der Waals surface area contributed by atoms with Crippen LogP contribution >= 0.6 is 0 Å². The Balaban J connectivity index is 1.49. The van der Waals surface area contributed by atoms with Crippen LogP contribution in [0.25, 0.3) is 0 Å². The van der Waals surface area contributed by atoms with Crippen LogP contribution < -0.4 is 16.4 Å². The zero-order valence-corrected chi connectivity index (χ0v) is 16.3. The Hall–Kier alpha value is -2.70. The van der Waals surface area contributed by atoms with Crippen molar-refractivity contribution in [1.29, 1.82) is 0 Å². The Kier molecular flexibility index (Phi) is 6.79. The lowest BCUT2D eigenvalue weighted by molar-refractivity contribution is -0.117. The molecule has 0 saturated carbocycles. The maximum Gasteiger partial charge on any atom is 0.251 e. The van der Waals surface area contributed by atoms with Crippen molar-refractivity contribution in [3.05, 3.63) is 65.2 Å². The van der Waals surface area contributed by atoms with Gasteiger partial charge in [-0.2, -0.15) is 0 Å². The number of likely N-dealkylation sites (tertiary alicyclic amines) is 1. The summed E-state index contributed by atoms with van der Waals surface area (Å²) < 4.78 is 0. The molecule has 0 aliphatic carbocycles. The number of carbonyl (C=O) groups excluding carboxylic acids is 2. The maximum absolute atomic E-state index is 12.4. The molecule has 148 valence electrons. The number of nitrogens with one attached hydrogen (secondary N) is 2. The van der Waals surface area contributed by atoms with Gasteiger partial charge in [-0.05, 0) is 62.7 Å². The van der Waals surface area contributed by atoms with Crippen LogP contribution in [0, 0.1) is 6.92 Å². The summed E-state index contributed by atoms with van der Waals surface area (Å²) in [6.45, 7) is 5.75. The van der Waals surface area contributed by atoms with Gasteiger partial charge in [0.25, 0.3) is 5.91 Å². The van der Waals surface area contributed by atoms with E-state index in [0.29, 0.717) is 17.8 Å². The average molecular weight is 380 g/mol. The van der Waals surface area contributed by atoms with Crippen LogP contribution in [0.4, 0.5) is 5.69 Å². The van der Waals surface area contributed by atoms with Gasteiger partial charge < -0.3 is 21.3 Å². The Morgan fingerprint density at radius 1 is 1.04 bits per heavy atom. The summed E-state index contributed by atoms with van der Waals surface area (Å²) in [5.41, 5.74) is 9.10. The molecule has 1 unspecified atom stereocenters. The lowest BCUT2D eigenvalue weighted by Gasteiger charge is -2.15. The molecule has 0 radical (unpaired) electrons. The number of anilines is 1. The molecule has 28 heavy (non-hydrogen) atoms. The molecule has 4 N–H and O–H groups in total. The molecule has 6 nitrogen and oxygen atoms in total. The first-order valence-corrected chi connectivity index (χ1v) is 9.76. The van der Waals surface area contributed by atoms with Crippen molar-refractivity contribution < 1.29 is 9.59 Å². The second-order valence-corrected chi connectivity index (χ2v) is 7.26. The molecule has 0 aromatic heterocycles. The van der Waals surface area contributed by atoms with E-state index in [4.69, 9.17) is 5.73 Å². The van der Waals surface area contributed by atoms with Crippen molar-refractivity contribution in [2.45, 2.75) is 25.8 Å². The van der Waals surface area contributed by atoms with Crippen molar-refractivity contribution in [3.8, 4) is 0 Å². The first-order chi connectivity index (χ1) is 13.5. The highest BCUT2D eigenvalue weighted by Gasteiger charge is 2.16. The van der Waals surface area contributed by atoms with E-state index in [0.717, 1.165) is 30.8 Å². The summed E-state index contributed by atoms with van der Waals surface area (Å²) in [6.07, 6.45) is 2.49. The monoisotopic (exact) mass is 380 g/mol. The minimum absolute atomic E-state index is 0.103. The average Bonchev–Trinajstić information content (AvgIpc) is 3.22. The number of rotatable bonds is 7. The van der Waals surface area contributed by atoms with Gasteiger partial charge in [-0.25, -0.2) is 0 Å². The Labute approximate surface area is 166 Å². The zero-order valence-electron chi connectivity index (χ0n) is 16.3. The molecule has 2 amide bonds. The number of nitrogens with zero attached hydrogens (tertiary/aromatic N) is 1. The number of hydrogen-bond donors (Lipinski definition) is 3. The molecule has 1 aliphatic rings. The number of amides is 2. The second-order valence-electron chi connectivity index (χ2n) is 7.26. The fraction of sp³-hybridized carbons (Fsp3) is 0.364. The molecule has 3 rings (SSSR count). The van der Waals surface area contributed by atoms with Gasteiger partial charge in [-0.15, -0.1) is 0 Å². The third kappa shape index (κ3) is 5.41. The first-order valence-electron chi connectivity index (χ1n) is 9.76. The van der Waals surface area contributed by atoms with E-state index in [1.165, 1.54) is 12.8 Å². The SMILES string of the molecule is Cc1ccc(C(N)C(=O)Nc2ccc(C(=O)NCCN3CCCC3)cc2)cc1. The lowest BCUT2D eigenvalue weighted by Crippen LogP contribution is -2.33. The number of aryl methyl sites for hydroxylation is 1. The molecule has 0 bridgehead atoms. The molecule has 1 saturated heterocycles. The standard InChI is InChI=1S/C22H28N4O2/c1-16-4-6-17(7-5-16)20(23)22(28)25-19-10-8-18(9-11-19)21(27)24-12-15-26-13-2-3-14-26/h4-11,20H,2-3,12-15,23H2,1H3,(H,24,27)(H,25,28). The molecular formula is C22H28N4O2. The fourth-order valence-electron chi connectivity index (χ4n) is 3.29. The number of carbonyl (C=O) groups is 2. The minimum atomic E-state index is -0.742. The van der Waals surface area contributed by atoms with Gasteiger partial charge in [0.2, 0.25) is 5.91 Å². The predicted molar refractivity (Wildman–Crippen MR) is 111 cm³/mol. The van der Waals surface area contributed by atoms with Crippen LogP contribution in [0.15, 0.2) is 48.5 Å². The van der Waals surface area contributed by atoms with Gasteiger partial charge in [0.15, 0.2) is 0 Å². The van der Waals surface area contributed by atoms with Gasteiger partial charge in [-0.1, -0.05) is 29.8 Å².